The SMILES string of the molecule is CC(C)(C1CN(C(=O)c2cccc(OC(F)F)c2)C1)S(=O)(=O)c1cccc(C(F)(F)F)c1.COc1ccc(C(=O)N2CC(C(C)(C)S(=O)(=O)c3cccc(C(F)(F)F)c3)C2)cc1S(C)(=O)=O. The molecular weight excluding hydrogens is 953 g/mol. The summed E-state index contributed by atoms with van der Waals surface area (Å²) in [5.41, 5.74) is -1.93. The van der Waals surface area contributed by atoms with Gasteiger partial charge in [-0.1, -0.05) is 18.2 Å². The predicted octanol–water partition coefficient (Wildman–Crippen LogP) is 8.07. The average Bonchev–Trinajstić information content (AvgIpc) is 3.18. The molecule has 360 valence electrons. The summed E-state index contributed by atoms with van der Waals surface area (Å²) in [7, 11) is -10.7. The van der Waals surface area contributed by atoms with E-state index in [1.54, 1.807) is 0 Å². The van der Waals surface area contributed by atoms with Gasteiger partial charge in [0.25, 0.3) is 11.8 Å². The van der Waals surface area contributed by atoms with Gasteiger partial charge in [-0.15, -0.1) is 0 Å². The molecule has 2 saturated heterocycles. The summed E-state index contributed by atoms with van der Waals surface area (Å²) < 4.78 is 186. The number of ether oxygens (including phenoxy) is 2. The van der Waals surface area contributed by atoms with Crippen LogP contribution in [0.4, 0.5) is 35.1 Å². The minimum Gasteiger partial charge on any atom is -0.495 e. The van der Waals surface area contributed by atoms with E-state index in [9.17, 15) is 70.0 Å². The summed E-state index contributed by atoms with van der Waals surface area (Å²) in [4.78, 5) is 27.2. The van der Waals surface area contributed by atoms with Crippen LogP contribution in [0.25, 0.3) is 0 Å². The number of rotatable bonds is 12. The number of halogens is 8. The Labute approximate surface area is 376 Å². The third-order valence-electron chi connectivity index (χ3n) is 11.7. The van der Waals surface area contributed by atoms with E-state index < -0.39 is 103 Å². The van der Waals surface area contributed by atoms with Gasteiger partial charge in [-0.2, -0.15) is 35.1 Å². The van der Waals surface area contributed by atoms with Gasteiger partial charge in [0.05, 0.1) is 37.5 Å². The molecule has 0 atom stereocenters. The van der Waals surface area contributed by atoms with Crippen molar-refractivity contribution < 1.29 is 79.4 Å². The van der Waals surface area contributed by atoms with Crippen molar-refractivity contribution in [1.29, 1.82) is 0 Å². The van der Waals surface area contributed by atoms with Crippen LogP contribution in [-0.2, 0) is 41.9 Å². The highest BCUT2D eigenvalue weighted by atomic mass is 32.2. The van der Waals surface area contributed by atoms with Gasteiger partial charge in [0.2, 0.25) is 0 Å². The molecule has 0 radical (unpaired) electrons. The number of carbonyl (C=O) groups excluding carboxylic acids is 2. The number of carbonyl (C=O) groups is 2. The molecule has 2 fully saturated rings. The van der Waals surface area contributed by atoms with Gasteiger partial charge in [0, 0.05) is 55.4 Å². The molecule has 2 amide bonds. The van der Waals surface area contributed by atoms with Gasteiger partial charge in [-0.25, -0.2) is 25.3 Å². The molecule has 0 aromatic heterocycles. The van der Waals surface area contributed by atoms with Crippen LogP contribution < -0.4 is 9.47 Å². The Morgan fingerprint density at radius 1 is 0.606 bits per heavy atom. The molecular formula is C43H44F8N2O10S3. The van der Waals surface area contributed by atoms with E-state index in [0.29, 0.717) is 12.1 Å². The number of methoxy groups -OCH3 is 1. The molecule has 4 aromatic rings. The normalized spacial score (nSPS) is 15.6. The largest absolute Gasteiger partial charge is 0.495 e. The van der Waals surface area contributed by atoms with E-state index in [1.807, 2.05) is 0 Å². The molecule has 2 heterocycles. The zero-order valence-corrected chi connectivity index (χ0v) is 38.4. The lowest BCUT2D eigenvalue weighted by atomic mass is 9.87. The lowest BCUT2D eigenvalue weighted by Crippen LogP contribution is -2.59. The highest BCUT2D eigenvalue weighted by molar-refractivity contribution is 7.93. The summed E-state index contributed by atoms with van der Waals surface area (Å²) in [6, 6.07) is 16.3. The Hall–Kier alpha value is -5.29. The summed E-state index contributed by atoms with van der Waals surface area (Å²) in [6.45, 7) is 2.80. The van der Waals surface area contributed by atoms with Crippen LogP contribution in [0, 0.1) is 11.8 Å². The molecule has 0 aliphatic carbocycles. The first kappa shape index (κ1) is 51.7. The number of likely N-dealkylation sites (tertiary alicyclic amines) is 2. The van der Waals surface area contributed by atoms with E-state index in [-0.39, 0.29) is 53.7 Å². The topological polar surface area (TPSA) is 161 Å². The van der Waals surface area contributed by atoms with Crippen molar-refractivity contribution in [1.82, 2.24) is 9.80 Å². The van der Waals surface area contributed by atoms with Gasteiger partial charge in [0.1, 0.15) is 16.4 Å². The number of sulfone groups is 3. The van der Waals surface area contributed by atoms with Crippen molar-refractivity contribution in [3.05, 3.63) is 113 Å². The Bertz CT molecular complexity index is 2820. The number of alkyl halides is 8. The van der Waals surface area contributed by atoms with E-state index in [2.05, 4.69) is 4.74 Å². The Morgan fingerprint density at radius 2 is 1.02 bits per heavy atom. The standard InChI is InChI=1S/C22H24F3NO6S2.C21H20F5NO4S/c1-21(2,34(30,31)17-7-5-6-15(11-17)22(23,24)25)16-12-26(13-16)20(27)14-8-9-18(32-3)19(10-14)33(4,28)29;1-20(2,32(29,30)17-8-4-6-14(10-17)21(24,25)26)15-11-27(12-15)18(28)13-5-3-7-16(9-13)31-19(22)23/h5-11,16H,12-13H2,1-4H3;3-10,15,19H,11-12H2,1-2H3. The summed E-state index contributed by atoms with van der Waals surface area (Å²) in [6.07, 6.45) is -8.38. The van der Waals surface area contributed by atoms with E-state index in [0.717, 1.165) is 48.7 Å². The second kappa shape index (κ2) is 18.4. The summed E-state index contributed by atoms with van der Waals surface area (Å²) >= 11 is 0. The third-order valence-corrected chi connectivity index (χ3v) is 18.1. The van der Waals surface area contributed by atoms with Crippen molar-refractivity contribution in [3.63, 3.8) is 0 Å². The maximum absolute atomic E-state index is 13.2. The monoisotopic (exact) mass is 996 g/mol. The van der Waals surface area contributed by atoms with Crippen molar-refractivity contribution in [2.75, 3.05) is 39.5 Å². The maximum atomic E-state index is 13.2. The second-order valence-electron chi connectivity index (χ2n) is 16.6. The molecule has 2 aliphatic rings. The van der Waals surface area contributed by atoms with E-state index >= 15 is 0 Å². The first-order valence-corrected chi connectivity index (χ1v) is 24.4. The van der Waals surface area contributed by atoms with Crippen molar-refractivity contribution in [3.8, 4) is 11.5 Å². The van der Waals surface area contributed by atoms with Crippen molar-refractivity contribution >= 4 is 41.3 Å². The Morgan fingerprint density at radius 3 is 1.39 bits per heavy atom. The molecule has 0 spiro atoms. The Kier molecular flexibility index (Phi) is 14.4. The van der Waals surface area contributed by atoms with Crippen molar-refractivity contribution in [2.24, 2.45) is 11.8 Å². The third kappa shape index (κ3) is 10.6. The van der Waals surface area contributed by atoms with Crippen LogP contribution in [0.3, 0.4) is 0 Å². The number of nitrogens with zero attached hydrogens (tertiary/aromatic N) is 2. The number of amides is 2. The fourth-order valence-electron chi connectivity index (χ4n) is 7.16. The van der Waals surface area contributed by atoms with E-state index in [1.165, 1.54) is 81.0 Å². The van der Waals surface area contributed by atoms with Crippen LogP contribution in [0.2, 0.25) is 0 Å². The fourth-order valence-corrected chi connectivity index (χ4v) is 11.5. The molecule has 23 heteroatoms. The van der Waals surface area contributed by atoms with Gasteiger partial charge < -0.3 is 19.3 Å². The lowest BCUT2D eigenvalue weighted by molar-refractivity contribution is -0.138. The zero-order valence-electron chi connectivity index (χ0n) is 35.9. The molecule has 6 rings (SSSR count). The Balaban J connectivity index is 0.000000248. The number of benzene rings is 4. The van der Waals surface area contributed by atoms with Crippen LogP contribution in [0.15, 0.2) is 106 Å². The molecule has 0 saturated carbocycles. The number of hydrogen-bond donors (Lipinski definition) is 0. The number of hydrogen-bond acceptors (Lipinski definition) is 10. The van der Waals surface area contributed by atoms with Gasteiger partial charge in [0.15, 0.2) is 29.5 Å². The van der Waals surface area contributed by atoms with Gasteiger partial charge >= 0.3 is 19.0 Å². The predicted molar refractivity (Wildman–Crippen MR) is 223 cm³/mol. The fraction of sp³-hybridized carbons (Fsp3) is 0.395. The summed E-state index contributed by atoms with van der Waals surface area (Å²) in [5.74, 6) is -2.15. The quantitative estimate of drug-likeness (QED) is 0.127. The molecule has 4 aromatic carbocycles. The molecule has 66 heavy (non-hydrogen) atoms. The average molecular weight is 997 g/mol. The van der Waals surface area contributed by atoms with Crippen molar-refractivity contribution in [2.45, 2.75) is 70.8 Å². The lowest BCUT2D eigenvalue weighted by Gasteiger charge is -2.47. The minimum atomic E-state index is -4.68. The smallest absolute Gasteiger partial charge is 0.416 e. The van der Waals surface area contributed by atoms with Crippen LogP contribution in [-0.4, -0.2) is 103 Å². The molecule has 0 bridgehead atoms. The minimum absolute atomic E-state index is 0.0456. The van der Waals surface area contributed by atoms with E-state index in [4.69, 9.17) is 4.74 Å². The molecule has 0 unspecified atom stereocenters. The maximum Gasteiger partial charge on any atom is 0.416 e. The zero-order chi connectivity index (χ0) is 49.6. The molecule has 12 nitrogen and oxygen atoms in total. The second-order valence-corrected chi connectivity index (χ2v) is 23.7. The van der Waals surface area contributed by atoms with Gasteiger partial charge in [-0.3, -0.25) is 9.59 Å². The van der Waals surface area contributed by atoms with Crippen LogP contribution >= 0.6 is 0 Å². The van der Waals surface area contributed by atoms with Crippen LogP contribution in [0.5, 0.6) is 11.5 Å². The highest BCUT2D eigenvalue weighted by Crippen LogP contribution is 2.42. The first-order chi connectivity index (χ1) is 30.2. The summed E-state index contributed by atoms with van der Waals surface area (Å²) in [5, 5.41) is 0. The van der Waals surface area contributed by atoms with Crippen LogP contribution in [0.1, 0.15) is 59.5 Å². The molecule has 2 aliphatic heterocycles. The molecule has 0 N–H and O–H groups in total. The highest BCUT2D eigenvalue weighted by Gasteiger charge is 2.51. The van der Waals surface area contributed by atoms with Gasteiger partial charge in [-0.05, 0) is 100 Å². The first-order valence-electron chi connectivity index (χ1n) is 19.6.